The van der Waals surface area contributed by atoms with Crippen LogP contribution in [-0.4, -0.2) is 89.6 Å². The first-order valence-electron chi connectivity index (χ1n) is 23.2. The van der Waals surface area contributed by atoms with Gasteiger partial charge < -0.3 is 39.4 Å². The van der Waals surface area contributed by atoms with E-state index in [4.69, 9.17) is 18.9 Å². The minimum Gasteiger partial charge on any atom is -0.457 e. The highest BCUT2D eigenvalue weighted by Crippen LogP contribution is 2.22. The van der Waals surface area contributed by atoms with E-state index in [9.17, 15) is 25.2 Å². The van der Waals surface area contributed by atoms with Crippen LogP contribution in [0.1, 0.15) is 162 Å². The Bertz CT molecular complexity index is 1170. The van der Waals surface area contributed by atoms with Crippen molar-refractivity contribution in [1.82, 2.24) is 0 Å². The van der Waals surface area contributed by atoms with Crippen LogP contribution in [0.5, 0.6) is 0 Å². The summed E-state index contributed by atoms with van der Waals surface area (Å²) in [5, 5.41) is 40.1. The highest BCUT2D eigenvalue weighted by Gasteiger charge is 2.44. The van der Waals surface area contributed by atoms with Crippen molar-refractivity contribution < 1.29 is 44.2 Å². The number of aliphatic hydroxyl groups excluding tert-OH is 4. The van der Waals surface area contributed by atoms with Gasteiger partial charge in [0.05, 0.1) is 19.8 Å². The second kappa shape index (κ2) is 40.8. The van der Waals surface area contributed by atoms with Gasteiger partial charge in [-0.05, 0) is 89.9 Å². The first kappa shape index (κ1) is 54.4. The molecule has 1 aliphatic heterocycles. The third-order valence-corrected chi connectivity index (χ3v) is 10.0. The largest absolute Gasteiger partial charge is 0.457 e. The first-order valence-corrected chi connectivity index (χ1v) is 23.2. The van der Waals surface area contributed by atoms with Gasteiger partial charge in [0.25, 0.3) is 0 Å². The summed E-state index contributed by atoms with van der Waals surface area (Å²) in [5.41, 5.74) is 0. The van der Waals surface area contributed by atoms with Crippen LogP contribution in [0, 0.1) is 0 Å². The van der Waals surface area contributed by atoms with Crippen molar-refractivity contribution in [3.8, 4) is 0 Å². The second-order valence-corrected chi connectivity index (χ2v) is 15.5. The van der Waals surface area contributed by atoms with E-state index in [0.29, 0.717) is 6.61 Å². The molecule has 59 heavy (non-hydrogen) atoms. The predicted molar refractivity (Wildman–Crippen MR) is 242 cm³/mol. The molecule has 1 saturated heterocycles. The van der Waals surface area contributed by atoms with Crippen LogP contribution in [0.4, 0.5) is 0 Å². The lowest BCUT2D eigenvalue weighted by atomic mass is 9.99. The van der Waals surface area contributed by atoms with Crippen molar-refractivity contribution in [2.24, 2.45) is 0 Å². The Morgan fingerprint density at radius 3 is 1.58 bits per heavy atom. The number of esters is 1. The van der Waals surface area contributed by atoms with E-state index in [1.807, 2.05) is 0 Å². The Morgan fingerprint density at radius 1 is 0.559 bits per heavy atom. The molecule has 9 nitrogen and oxygen atoms in total. The van der Waals surface area contributed by atoms with Gasteiger partial charge in [0.2, 0.25) is 0 Å². The molecular formula is C50H84O9. The van der Waals surface area contributed by atoms with E-state index in [1.54, 1.807) is 0 Å². The number of allylic oxidation sites excluding steroid dienone is 14. The van der Waals surface area contributed by atoms with Crippen LogP contribution in [0.25, 0.3) is 0 Å². The summed E-state index contributed by atoms with van der Waals surface area (Å²) in [4.78, 5) is 12.8. The third kappa shape index (κ3) is 31.8. The molecular weight excluding hydrogens is 745 g/mol. The van der Waals surface area contributed by atoms with Gasteiger partial charge in [-0.1, -0.05) is 150 Å². The zero-order chi connectivity index (χ0) is 42.9. The van der Waals surface area contributed by atoms with E-state index in [1.165, 1.54) is 44.9 Å². The number of unbranched alkanes of at least 4 members (excludes halogenated alkanes) is 13. The molecule has 0 amide bonds. The Balaban J connectivity index is 2.28. The van der Waals surface area contributed by atoms with Gasteiger partial charge in [-0.15, -0.1) is 0 Å². The molecule has 0 spiro atoms. The minimum atomic E-state index is -1.55. The molecule has 4 N–H and O–H groups in total. The van der Waals surface area contributed by atoms with Crippen LogP contribution in [0.2, 0.25) is 0 Å². The molecule has 0 aliphatic carbocycles. The lowest BCUT2D eigenvalue weighted by Crippen LogP contribution is -2.59. The molecule has 0 aromatic carbocycles. The van der Waals surface area contributed by atoms with Crippen LogP contribution in [0.3, 0.4) is 0 Å². The van der Waals surface area contributed by atoms with Crippen molar-refractivity contribution in [2.75, 3.05) is 26.4 Å². The number of ether oxygens (including phenoxy) is 4. The minimum absolute atomic E-state index is 0.125. The number of carbonyl (C=O) groups excluding carboxylic acids is 1. The Labute approximate surface area is 359 Å². The zero-order valence-electron chi connectivity index (χ0n) is 37.0. The number of hydrogen-bond acceptors (Lipinski definition) is 9. The van der Waals surface area contributed by atoms with Crippen LogP contribution < -0.4 is 0 Å². The van der Waals surface area contributed by atoms with Crippen molar-refractivity contribution in [3.63, 3.8) is 0 Å². The molecule has 338 valence electrons. The maximum Gasteiger partial charge on any atom is 0.306 e. The van der Waals surface area contributed by atoms with Crippen molar-refractivity contribution in [2.45, 2.75) is 198 Å². The molecule has 0 aromatic rings. The summed E-state index contributed by atoms with van der Waals surface area (Å²) in [6.45, 7) is 4.36. The molecule has 1 fully saturated rings. The quantitative estimate of drug-likeness (QED) is 0.0272. The third-order valence-electron chi connectivity index (χ3n) is 10.0. The Morgan fingerprint density at radius 2 is 1.03 bits per heavy atom. The van der Waals surface area contributed by atoms with E-state index in [0.717, 1.165) is 96.3 Å². The number of rotatable bonds is 38. The van der Waals surface area contributed by atoms with Gasteiger partial charge in [-0.25, -0.2) is 0 Å². The van der Waals surface area contributed by atoms with Crippen LogP contribution in [-0.2, 0) is 23.7 Å². The van der Waals surface area contributed by atoms with Crippen LogP contribution in [0.15, 0.2) is 85.1 Å². The topological polar surface area (TPSA) is 135 Å². The summed E-state index contributed by atoms with van der Waals surface area (Å²) < 4.78 is 22.8. The Hall–Kier alpha value is -2.63. The van der Waals surface area contributed by atoms with Gasteiger partial charge in [0.15, 0.2) is 6.29 Å². The second-order valence-electron chi connectivity index (χ2n) is 15.5. The fourth-order valence-corrected chi connectivity index (χ4v) is 6.43. The van der Waals surface area contributed by atoms with Gasteiger partial charge in [0.1, 0.15) is 30.5 Å². The van der Waals surface area contributed by atoms with Crippen molar-refractivity contribution in [3.05, 3.63) is 85.1 Å². The molecule has 1 aliphatic rings. The van der Waals surface area contributed by atoms with E-state index in [2.05, 4.69) is 98.9 Å². The number of hydrogen-bond donors (Lipinski definition) is 4. The predicted octanol–water partition coefficient (Wildman–Crippen LogP) is 10.6. The van der Waals surface area contributed by atoms with Crippen molar-refractivity contribution >= 4 is 5.97 Å². The lowest BCUT2D eigenvalue weighted by molar-refractivity contribution is -0.305. The summed E-state index contributed by atoms with van der Waals surface area (Å²) in [5.74, 6) is -0.344. The van der Waals surface area contributed by atoms with E-state index < -0.39 is 43.4 Å². The monoisotopic (exact) mass is 829 g/mol. The SMILES string of the molecule is CC/C=C\C/C=C\C/C=C\C/C=C\C/C=C\C/C=C\CCCCCCC(=O)OC(COCCCCCCCC/C=C\CCCCC)COC1OC(CO)C(O)C(O)C1O. The molecule has 0 saturated carbocycles. The molecule has 6 unspecified atom stereocenters. The molecule has 6 atom stereocenters. The zero-order valence-corrected chi connectivity index (χ0v) is 37.0. The summed E-state index contributed by atoms with van der Waals surface area (Å²) >= 11 is 0. The molecule has 9 heteroatoms. The number of aliphatic hydroxyl groups is 4. The van der Waals surface area contributed by atoms with Gasteiger partial charge in [-0.3, -0.25) is 4.79 Å². The Kier molecular flexibility index (Phi) is 37.6. The average Bonchev–Trinajstić information content (AvgIpc) is 3.24. The highest BCUT2D eigenvalue weighted by molar-refractivity contribution is 5.69. The standard InChI is InChI=1S/C50H84O9/c1-3-5-7-9-11-13-15-17-18-19-20-21-22-23-24-25-26-27-29-31-33-35-37-39-46(52)58-44(43-57-50-49(55)48(54)47(53)45(41-51)59-50)42-56-40-38-36-34-32-30-28-16-14-12-10-8-6-4-2/h5,7,11-14,17-18,20-21,23-24,26-27,44-45,47-51,53-55H,3-4,6,8-10,15-16,19,22,25,28-43H2,1-2H3/b7-5-,13-11-,14-12-,18-17-,21-20-,24-23-,27-26-. The lowest BCUT2D eigenvalue weighted by Gasteiger charge is -2.39. The molecule has 1 heterocycles. The van der Waals surface area contributed by atoms with Crippen LogP contribution >= 0.6 is 0 Å². The van der Waals surface area contributed by atoms with Gasteiger partial charge in [-0.2, -0.15) is 0 Å². The highest BCUT2D eigenvalue weighted by atomic mass is 16.7. The smallest absolute Gasteiger partial charge is 0.306 e. The first-order chi connectivity index (χ1) is 28.9. The average molecular weight is 829 g/mol. The maximum atomic E-state index is 12.8. The molecule has 1 rings (SSSR count). The van der Waals surface area contributed by atoms with Crippen molar-refractivity contribution in [1.29, 1.82) is 0 Å². The normalized spacial score (nSPS) is 20.9. The van der Waals surface area contributed by atoms with Gasteiger partial charge in [0, 0.05) is 13.0 Å². The molecule has 0 bridgehead atoms. The molecule has 0 aromatic heterocycles. The van der Waals surface area contributed by atoms with Gasteiger partial charge >= 0.3 is 5.97 Å². The number of carbonyl (C=O) groups is 1. The van der Waals surface area contributed by atoms with E-state index in [-0.39, 0.29) is 25.6 Å². The fraction of sp³-hybridized carbons (Fsp3) is 0.700. The summed E-state index contributed by atoms with van der Waals surface area (Å²) in [6, 6.07) is 0. The fourth-order valence-electron chi connectivity index (χ4n) is 6.43. The van der Waals surface area contributed by atoms with E-state index >= 15 is 0 Å². The molecule has 0 radical (unpaired) electrons. The summed E-state index contributed by atoms with van der Waals surface area (Å²) in [7, 11) is 0. The summed E-state index contributed by atoms with van der Waals surface area (Å²) in [6.07, 6.45) is 47.5. The maximum absolute atomic E-state index is 12.8.